The van der Waals surface area contributed by atoms with Gasteiger partial charge in [0.1, 0.15) is 11.4 Å². The van der Waals surface area contributed by atoms with Crippen molar-refractivity contribution < 1.29 is 19.6 Å². The van der Waals surface area contributed by atoms with Crippen LogP contribution in [0.15, 0.2) is 65.5 Å². The minimum Gasteiger partial charge on any atom is -0.478 e. The van der Waals surface area contributed by atoms with E-state index in [1.165, 1.54) is 24.3 Å². The van der Waals surface area contributed by atoms with Gasteiger partial charge >= 0.3 is 5.97 Å². The number of H-pyrrole nitrogens is 1. The molecule has 2 aromatic rings. The Labute approximate surface area is 157 Å². The zero-order valence-corrected chi connectivity index (χ0v) is 14.2. The molecule has 0 fully saturated rings. The van der Waals surface area contributed by atoms with Gasteiger partial charge in [-0.2, -0.15) is 0 Å². The molecule has 0 saturated carbocycles. The average Bonchev–Trinajstić information content (AvgIpc) is 2.69. The van der Waals surface area contributed by atoms with Crippen molar-refractivity contribution in [1.29, 1.82) is 0 Å². The molecule has 8 nitrogen and oxygen atoms in total. The van der Waals surface area contributed by atoms with Gasteiger partial charge in [0.2, 0.25) is 5.43 Å². The highest BCUT2D eigenvalue weighted by atomic mass is 16.6. The maximum Gasteiger partial charge on any atom is 0.335 e. The summed E-state index contributed by atoms with van der Waals surface area (Å²) in [4.78, 5) is 37.7. The van der Waals surface area contributed by atoms with Crippen LogP contribution in [0.3, 0.4) is 0 Å². The van der Waals surface area contributed by atoms with Crippen molar-refractivity contribution in [2.45, 2.75) is 0 Å². The largest absolute Gasteiger partial charge is 0.478 e. The van der Waals surface area contributed by atoms with E-state index in [0.29, 0.717) is 5.52 Å². The van der Waals surface area contributed by atoms with E-state index >= 15 is 0 Å². The molecule has 0 spiro atoms. The first-order chi connectivity index (χ1) is 13.4. The number of aromatic nitrogens is 1. The number of nitrogens with zero attached hydrogens (tertiary/aromatic N) is 1. The van der Waals surface area contributed by atoms with Gasteiger partial charge < -0.3 is 14.8 Å². The number of carboxylic acids is 1. The molecule has 0 unspecified atom stereocenters. The molecule has 138 valence electrons. The number of nitrogens with one attached hydrogen (secondary N) is 1. The zero-order valence-electron chi connectivity index (χ0n) is 14.2. The summed E-state index contributed by atoms with van der Waals surface area (Å²) >= 11 is 0. The summed E-state index contributed by atoms with van der Waals surface area (Å²) in [5, 5.41) is 21.2. The van der Waals surface area contributed by atoms with Crippen LogP contribution in [0.4, 0.5) is 5.69 Å². The van der Waals surface area contributed by atoms with Gasteiger partial charge in [-0.15, -0.1) is 0 Å². The first-order valence-corrected chi connectivity index (χ1v) is 8.18. The number of hydrogen-bond acceptors (Lipinski definition) is 5. The number of aromatic carboxylic acids is 1. The quantitative estimate of drug-likeness (QED) is 0.315. The lowest BCUT2D eigenvalue weighted by molar-refractivity contribution is -0.384. The Morgan fingerprint density at radius 2 is 1.79 bits per heavy atom. The maximum absolute atomic E-state index is 12.9. The van der Waals surface area contributed by atoms with Gasteiger partial charge in [-0.05, 0) is 41.8 Å². The predicted molar refractivity (Wildman–Crippen MR) is 101 cm³/mol. The minimum atomic E-state index is -1.10. The Kier molecular flexibility index (Phi) is 4.00. The van der Waals surface area contributed by atoms with E-state index in [-0.39, 0.29) is 34.0 Å². The van der Waals surface area contributed by atoms with Gasteiger partial charge in [0.25, 0.3) is 5.69 Å². The van der Waals surface area contributed by atoms with E-state index < -0.39 is 16.3 Å². The third-order valence-corrected chi connectivity index (χ3v) is 4.31. The normalized spacial score (nSPS) is 10.9. The van der Waals surface area contributed by atoms with Crippen molar-refractivity contribution in [2.24, 2.45) is 0 Å². The summed E-state index contributed by atoms with van der Waals surface area (Å²) < 4.78 is 5.53. The van der Waals surface area contributed by atoms with Crippen LogP contribution < -0.4 is 10.2 Å². The smallest absolute Gasteiger partial charge is 0.335 e. The summed E-state index contributed by atoms with van der Waals surface area (Å²) in [6, 6.07) is 15.2. The van der Waals surface area contributed by atoms with Crippen molar-refractivity contribution in [3.8, 4) is 22.8 Å². The number of para-hydroxylation sites is 1. The SMILES string of the molecule is O=C(O)c1ccc(Oc2cc([N+](=O)[O-])c3[nH]c4ccccc4cc-3c2=O)cc1. The van der Waals surface area contributed by atoms with Crippen LogP contribution in [0.2, 0.25) is 0 Å². The second kappa shape index (κ2) is 6.51. The summed E-state index contributed by atoms with van der Waals surface area (Å²) in [5.74, 6) is -1.12. The number of benzene rings is 3. The molecule has 2 N–H and O–H groups in total. The van der Waals surface area contributed by atoms with E-state index in [4.69, 9.17) is 9.84 Å². The number of ether oxygens (including phenoxy) is 1. The fourth-order valence-corrected chi connectivity index (χ4v) is 2.95. The summed E-state index contributed by atoms with van der Waals surface area (Å²) in [7, 11) is 0. The number of rotatable bonds is 4. The van der Waals surface area contributed by atoms with Crippen molar-refractivity contribution in [3.63, 3.8) is 0 Å². The Morgan fingerprint density at radius 3 is 2.46 bits per heavy atom. The van der Waals surface area contributed by atoms with Crippen LogP contribution in [0.25, 0.3) is 22.2 Å². The third kappa shape index (κ3) is 2.92. The number of nitro benzene ring substituents is 1. The highest BCUT2D eigenvalue weighted by molar-refractivity contribution is 5.89. The van der Waals surface area contributed by atoms with Crippen LogP contribution in [0.1, 0.15) is 10.4 Å². The maximum atomic E-state index is 12.9. The number of fused-ring (bicyclic) bond motifs is 2. The average molecular weight is 376 g/mol. The molecule has 0 amide bonds. The fourth-order valence-electron chi connectivity index (χ4n) is 2.95. The van der Waals surface area contributed by atoms with Crippen LogP contribution in [-0.2, 0) is 0 Å². The minimum absolute atomic E-state index is 0.0558. The fraction of sp³-hybridized carbons (Fsp3) is 0. The molecule has 1 aliphatic carbocycles. The molecular formula is C20H12N2O6. The molecule has 4 rings (SSSR count). The van der Waals surface area contributed by atoms with Crippen LogP contribution in [0.5, 0.6) is 11.5 Å². The molecule has 0 aromatic heterocycles. The molecule has 0 saturated heterocycles. The molecule has 28 heavy (non-hydrogen) atoms. The van der Waals surface area contributed by atoms with Gasteiger partial charge in [-0.1, -0.05) is 18.2 Å². The molecule has 2 aliphatic rings. The van der Waals surface area contributed by atoms with Crippen LogP contribution in [-0.4, -0.2) is 21.0 Å². The number of carbonyl (C=O) groups is 1. The monoisotopic (exact) mass is 376 g/mol. The second-order valence-corrected chi connectivity index (χ2v) is 6.06. The lowest BCUT2D eigenvalue weighted by Gasteiger charge is -2.12. The Bertz CT molecular complexity index is 1260. The molecule has 8 heteroatoms. The summed E-state index contributed by atoms with van der Waals surface area (Å²) in [5.41, 5.74) is 0.158. The van der Waals surface area contributed by atoms with Crippen LogP contribution in [0, 0.1) is 10.1 Å². The number of nitro groups is 1. The standard InChI is InChI=1S/C20H12N2O6/c23-19-14-9-12-3-1-2-4-15(12)21-18(14)16(22(26)27)10-17(19)28-13-7-5-11(6-8-13)20(24)25/h1-10,21H,(H,24,25). The Balaban J connectivity index is 1.89. The van der Waals surface area contributed by atoms with Gasteiger partial charge in [0.05, 0.1) is 22.1 Å². The highest BCUT2D eigenvalue weighted by Crippen LogP contribution is 2.34. The first kappa shape index (κ1) is 17.2. The Hall–Kier alpha value is -4.20. The summed E-state index contributed by atoms with van der Waals surface area (Å²) in [6.45, 7) is 0. The van der Waals surface area contributed by atoms with Gasteiger partial charge in [-0.25, -0.2) is 4.79 Å². The van der Waals surface area contributed by atoms with Gasteiger partial charge in [-0.3, -0.25) is 14.9 Å². The predicted octanol–water partition coefficient (Wildman–Crippen LogP) is 4.03. The van der Waals surface area contributed by atoms with Crippen molar-refractivity contribution in [1.82, 2.24) is 4.98 Å². The molecule has 0 atom stereocenters. The van der Waals surface area contributed by atoms with Crippen LogP contribution >= 0.6 is 0 Å². The number of carboxylic acid groups (broad SMARTS) is 1. The third-order valence-electron chi connectivity index (χ3n) is 4.31. The van der Waals surface area contributed by atoms with E-state index in [2.05, 4.69) is 4.98 Å². The molecule has 1 aliphatic heterocycles. The second-order valence-electron chi connectivity index (χ2n) is 6.06. The molecule has 2 aromatic carbocycles. The number of pyridine rings is 1. The zero-order chi connectivity index (χ0) is 19.8. The summed E-state index contributed by atoms with van der Waals surface area (Å²) in [6.07, 6.45) is 0. The van der Waals surface area contributed by atoms with E-state index in [0.717, 1.165) is 11.5 Å². The lowest BCUT2D eigenvalue weighted by Crippen LogP contribution is -2.12. The molecule has 0 bridgehead atoms. The topological polar surface area (TPSA) is 123 Å². The van der Waals surface area contributed by atoms with Crippen molar-refractivity contribution in [2.75, 3.05) is 0 Å². The van der Waals surface area contributed by atoms with E-state index in [9.17, 15) is 19.7 Å². The van der Waals surface area contributed by atoms with Crippen molar-refractivity contribution in [3.05, 3.63) is 86.6 Å². The van der Waals surface area contributed by atoms with E-state index in [1.54, 1.807) is 30.3 Å². The molecular weight excluding hydrogens is 364 g/mol. The van der Waals surface area contributed by atoms with Gasteiger partial charge in [0, 0.05) is 5.52 Å². The number of aromatic amines is 1. The molecule has 0 radical (unpaired) electrons. The lowest BCUT2D eigenvalue weighted by atomic mass is 10.0. The Morgan fingerprint density at radius 1 is 1.07 bits per heavy atom. The van der Waals surface area contributed by atoms with E-state index in [1.807, 2.05) is 0 Å². The van der Waals surface area contributed by atoms with Gasteiger partial charge in [0.15, 0.2) is 5.75 Å². The highest BCUT2D eigenvalue weighted by Gasteiger charge is 2.25. The first-order valence-electron chi connectivity index (χ1n) is 8.18. The van der Waals surface area contributed by atoms with Crippen molar-refractivity contribution >= 4 is 22.6 Å². The number of hydrogen-bond donors (Lipinski definition) is 2. The molecule has 1 heterocycles.